The molecule has 1 aliphatic rings. The molecule has 1 fully saturated rings. The lowest BCUT2D eigenvalue weighted by atomic mass is 10.0. The van der Waals surface area contributed by atoms with Gasteiger partial charge in [0, 0.05) is 18.1 Å². The summed E-state index contributed by atoms with van der Waals surface area (Å²) in [4.78, 5) is 31.3. The Morgan fingerprint density at radius 2 is 1.77 bits per heavy atom. The minimum Gasteiger partial charge on any atom is -0.406 e. The van der Waals surface area contributed by atoms with E-state index in [1.807, 2.05) is 55.5 Å². The summed E-state index contributed by atoms with van der Waals surface area (Å²) in [5.74, 6) is 0.508. The molecule has 0 radical (unpaired) electrons. The molecule has 0 aliphatic carbocycles. The molecule has 0 saturated carbocycles. The summed E-state index contributed by atoms with van der Waals surface area (Å²) in [6.07, 6.45) is 1.94. The summed E-state index contributed by atoms with van der Waals surface area (Å²) in [5.41, 5.74) is 4.39. The van der Waals surface area contributed by atoms with Crippen LogP contribution in [0.15, 0.2) is 90.2 Å². The molecule has 1 aliphatic heterocycles. The molecule has 0 atom stereocenters. The average molecular weight is 607 g/mol. The zero-order valence-electron chi connectivity index (χ0n) is 23.4. The molecule has 1 amide bonds. The third-order valence-electron chi connectivity index (χ3n) is 6.89. The Hall–Kier alpha value is -4.38. The normalized spacial score (nSPS) is 14.5. The van der Waals surface area contributed by atoms with Crippen molar-refractivity contribution in [1.29, 1.82) is 0 Å². The van der Waals surface area contributed by atoms with Crippen LogP contribution in [0.2, 0.25) is 0 Å². The first kappa shape index (κ1) is 30.1. The van der Waals surface area contributed by atoms with E-state index in [0.29, 0.717) is 28.7 Å². The molecule has 3 aromatic carbocycles. The minimum absolute atomic E-state index is 0.00991. The first-order chi connectivity index (χ1) is 20.7. The molecule has 0 N–H and O–H groups in total. The van der Waals surface area contributed by atoms with Gasteiger partial charge in [0.15, 0.2) is 11.6 Å². The molecule has 7 nitrogen and oxygen atoms in total. The van der Waals surface area contributed by atoms with Crippen molar-refractivity contribution in [2.75, 3.05) is 10.7 Å². The van der Waals surface area contributed by atoms with Crippen molar-refractivity contribution in [3.8, 4) is 22.8 Å². The molecular weight excluding hydrogens is 577 g/mol. The molecule has 2 heterocycles. The topological polar surface area (TPSA) is 77.3 Å². The summed E-state index contributed by atoms with van der Waals surface area (Å²) >= 11 is 1.40. The fraction of sp³-hybridized carbons (Fsp3) is 0.250. The summed E-state index contributed by atoms with van der Waals surface area (Å²) < 4.78 is 42.5. The number of halogens is 3. The SMILES string of the molecule is CCc1ccccc1N1C(=O)CS/C1=C\C(=O)CCCCc1ccc(-c2ncn(-c3ccc(OC(F)(F)F)cc3)n2)cc1. The van der Waals surface area contributed by atoms with Crippen LogP contribution in [0, 0.1) is 0 Å². The van der Waals surface area contributed by atoms with Crippen LogP contribution in [0.3, 0.4) is 0 Å². The Labute approximate surface area is 251 Å². The van der Waals surface area contributed by atoms with Gasteiger partial charge < -0.3 is 4.74 Å². The highest BCUT2D eigenvalue weighted by Gasteiger charge is 2.31. The average Bonchev–Trinajstić information content (AvgIpc) is 3.62. The molecule has 0 unspecified atom stereocenters. The van der Waals surface area contributed by atoms with Crippen LogP contribution < -0.4 is 9.64 Å². The number of aryl methyl sites for hydroxylation is 2. The number of hydrogen-bond donors (Lipinski definition) is 0. The van der Waals surface area contributed by atoms with Gasteiger partial charge in [0.25, 0.3) is 0 Å². The van der Waals surface area contributed by atoms with Gasteiger partial charge in [-0.25, -0.2) is 9.67 Å². The number of amides is 1. The number of allylic oxidation sites excluding steroid dienone is 1. The van der Waals surface area contributed by atoms with Crippen molar-refractivity contribution in [3.05, 3.63) is 101 Å². The smallest absolute Gasteiger partial charge is 0.406 e. The Morgan fingerprint density at radius 3 is 2.49 bits per heavy atom. The van der Waals surface area contributed by atoms with E-state index in [-0.39, 0.29) is 17.4 Å². The van der Waals surface area contributed by atoms with Crippen molar-refractivity contribution in [2.45, 2.75) is 45.4 Å². The number of unbranched alkanes of at least 4 members (excludes halogenated alkanes) is 1. The highest BCUT2D eigenvalue weighted by Crippen LogP contribution is 2.36. The lowest BCUT2D eigenvalue weighted by molar-refractivity contribution is -0.274. The van der Waals surface area contributed by atoms with Crippen molar-refractivity contribution in [1.82, 2.24) is 14.8 Å². The monoisotopic (exact) mass is 606 g/mol. The number of benzene rings is 3. The van der Waals surface area contributed by atoms with E-state index < -0.39 is 6.36 Å². The van der Waals surface area contributed by atoms with E-state index in [0.717, 1.165) is 48.1 Å². The van der Waals surface area contributed by atoms with Crippen LogP contribution in [0.25, 0.3) is 17.1 Å². The van der Waals surface area contributed by atoms with Gasteiger partial charge in [0.1, 0.15) is 12.1 Å². The van der Waals surface area contributed by atoms with E-state index >= 15 is 0 Å². The first-order valence-electron chi connectivity index (χ1n) is 13.9. The molecule has 222 valence electrons. The summed E-state index contributed by atoms with van der Waals surface area (Å²) in [5, 5.41) is 5.12. The maximum Gasteiger partial charge on any atom is 0.573 e. The van der Waals surface area contributed by atoms with Gasteiger partial charge in [-0.1, -0.05) is 61.2 Å². The number of carbonyl (C=O) groups is 2. The lowest BCUT2D eigenvalue weighted by Crippen LogP contribution is -2.25. The van der Waals surface area contributed by atoms with Crippen LogP contribution in [0.5, 0.6) is 5.75 Å². The number of para-hydroxylation sites is 1. The van der Waals surface area contributed by atoms with Gasteiger partial charge in [-0.15, -0.1) is 18.3 Å². The standard InChI is InChI=1S/C32H29F3N4O3S/c1-2-23-8-4-6-10-28(23)39-29(41)20-43-30(39)19-26(40)9-5-3-7-22-11-13-24(14-12-22)31-36-21-38(37-31)25-15-17-27(18-16-25)42-32(33,34)35/h4,6,8,10-19,21H,2-3,5,7,9,20H2,1H3/b30-19-. The third-order valence-corrected chi connectivity index (χ3v) is 7.88. The van der Waals surface area contributed by atoms with Crippen molar-refractivity contribution in [3.63, 3.8) is 0 Å². The summed E-state index contributed by atoms with van der Waals surface area (Å²) in [6, 6.07) is 21.0. The molecule has 0 spiro atoms. The second kappa shape index (κ2) is 13.3. The molecule has 43 heavy (non-hydrogen) atoms. The minimum atomic E-state index is -4.75. The van der Waals surface area contributed by atoms with Crippen LogP contribution in [-0.2, 0) is 22.4 Å². The van der Waals surface area contributed by atoms with E-state index in [1.54, 1.807) is 11.0 Å². The van der Waals surface area contributed by atoms with Crippen LogP contribution in [0.1, 0.15) is 37.3 Å². The zero-order valence-corrected chi connectivity index (χ0v) is 24.2. The number of carbonyl (C=O) groups excluding carboxylic acids is 2. The first-order valence-corrected chi connectivity index (χ1v) is 14.8. The van der Waals surface area contributed by atoms with E-state index in [2.05, 4.69) is 14.8 Å². The Balaban J connectivity index is 1.12. The second-order valence-corrected chi connectivity index (χ2v) is 10.9. The fourth-order valence-corrected chi connectivity index (χ4v) is 5.70. The Bertz CT molecular complexity index is 1620. The van der Waals surface area contributed by atoms with Gasteiger partial charge in [0.2, 0.25) is 5.91 Å². The molecule has 4 aromatic rings. The number of anilines is 1. The number of nitrogens with zero attached hydrogens (tertiary/aromatic N) is 4. The van der Waals surface area contributed by atoms with Crippen LogP contribution in [0.4, 0.5) is 18.9 Å². The van der Waals surface area contributed by atoms with E-state index in [1.165, 1.54) is 47.0 Å². The second-order valence-electron chi connectivity index (χ2n) is 9.91. The number of ether oxygens (including phenoxy) is 1. The van der Waals surface area contributed by atoms with Crippen molar-refractivity contribution >= 4 is 29.1 Å². The van der Waals surface area contributed by atoms with Gasteiger partial charge in [-0.3, -0.25) is 14.5 Å². The van der Waals surface area contributed by atoms with Gasteiger partial charge in [-0.05, 0) is 67.1 Å². The largest absolute Gasteiger partial charge is 0.573 e. The number of alkyl halides is 3. The van der Waals surface area contributed by atoms with Crippen molar-refractivity contribution < 1.29 is 27.5 Å². The number of ketones is 1. The Kier molecular flexibility index (Phi) is 9.30. The van der Waals surface area contributed by atoms with E-state index in [4.69, 9.17) is 0 Å². The quantitative estimate of drug-likeness (QED) is 0.132. The highest BCUT2D eigenvalue weighted by molar-refractivity contribution is 8.04. The number of rotatable bonds is 11. The molecule has 5 rings (SSSR count). The molecule has 11 heteroatoms. The predicted octanol–water partition coefficient (Wildman–Crippen LogP) is 7.30. The molecule has 1 aromatic heterocycles. The highest BCUT2D eigenvalue weighted by atomic mass is 32.2. The predicted molar refractivity (Wildman–Crippen MR) is 160 cm³/mol. The lowest BCUT2D eigenvalue weighted by Gasteiger charge is -2.20. The van der Waals surface area contributed by atoms with Crippen LogP contribution in [-0.4, -0.2) is 38.6 Å². The molecule has 1 saturated heterocycles. The Morgan fingerprint density at radius 1 is 1.02 bits per heavy atom. The summed E-state index contributed by atoms with van der Waals surface area (Å²) in [6.45, 7) is 2.05. The van der Waals surface area contributed by atoms with Crippen molar-refractivity contribution in [2.24, 2.45) is 0 Å². The molecule has 0 bridgehead atoms. The van der Waals surface area contributed by atoms with E-state index in [9.17, 15) is 22.8 Å². The van der Waals surface area contributed by atoms with Gasteiger partial charge >= 0.3 is 6.36 Å². The fourth-order valence-electron chi connectivity index (χ4n) is 4.75. The summed E-state index contributed by atoms with van der Waals surface area (Å²) in [7, 11) is 0. The molecular formula is C32H29F3N4O3S. The van der Waals surface area contributed by atoms with Crippen LogP contribution >= 0.6 is 11.8 Å². The number of thioether (sulfide) groups is 1. The maximum absolute atomic E-state index is 12.7. The number of hydrogen-bond acceptors (Lipinski definition) is 6. The third kappa shape index (κ3) is 7.72. The maximum atomic E-state index is 12.7. The number of aromatic nitrogens is 3. The van der Waals surface area contributed by atoms with Gasteiger partial charge in [0.05, 0.1) is 22.2 Å². The zero-order chi connectivity index (χ0) is 30.4. The van der Waals surface area contributed by atoms with Gasteiger partial charge in [-0.2, -0.15) is 0 Å².